The Hall–Kier alpha value is -3.59. The lowest BCUT2D eigenvalue weighted by Crippen LogP contribution is -2.46. The molecule has 1 aliphatic rings. The zero-order valence-corrected chi connectivity index (χ0v) is 20.7. The maximum atomic E-state index is 5.79. The Morgan fingerprint density at radius 2 is 1.76 bits per heavy atom. The van der Waals surface area contributed by atoms with Gasteiger partial charge in [0, 0.05) is 17.8 Å². The lowest BCUT2D eigenvalue weighted by molar-refractivity contribution is 0.355. The molecule has 2 heterocycles. The van der Waals surface area contributed by atoms with E-state index in [1.807, 2.05) is 49.4 Å². The average Bonchev–Trinajstić information content (AvgIpc) is 3.35. The van der Waals surface area contributed by atoms with E-state index in [-0.39, 0.29) is 6.04 Å². The molecule has 0 radical (unpaired) electrons. The number of benzene rings is 2. The first-order valence-electron chi connectivity index (χ1n) is 11.0. The molecule has 9 heteroatoms. The number of thiocarbonyl (C=S) groups is 1. The number of rotatable bonds is 8. The largest absolute Gasteiger partial charge is 0.497 e. The molecule has 0 saturated heterocycles. The standard InChI is InChI=1S/C25H28N4O4S/c1-6-13-29-15(2)21(22(26-25(29)34)16-7-10-18(30-3)11-8-16)24-27-23(28-33-24)17-9-12-19(31-4)20(14-17)32-5/h7-12,14,22H,6,13H2,1-5H3,(H,26,34). The fourth-order valence-corrected chi connectivity index (χ4v) is 4.37. The van der Waals surface area contributed by atoms with E-state index in [9.17, 15) is 0 Å². The predicted octanol–water partition coefficient (Wildman–Crippen LogP) is 4.83. The van der Waals surface area contributed by atoms with Gasteiger partial charge in [-0.05, 0) is 61.5 Å². The van der Waals surface area contributed by atoms with Crippen molar-refractivity contribution in [3.8, 4) is 28.6 Å². The second kappa shape index (κ2) is 10.1. The van der Waals surface area contributed by atoms with Crippen molar-refractivity contribution in [2.24, 2.45) is 0 Å². The summed E-state index contributed by atoms with van der Waals surface area (Å²) in [7, 11) is 4.84. The Balaban J connectivity index is 1.78. The van der Waals surface area contributed by atoms with Gasteiger partial charge in [-0.25, -0.2) is 0 Å². The fourth-order valence-electron chi connectivity index (χ4n) is 4.02. The summed E-state index contributed by atoms with van der Waals surface area (Å²) < 4.78 is 21.9. The first-order valence-corrected chi connectivity index (χ1v) is 11.4. The van der Waals surface area contributed by atoms with Crippen LogP contribution in [-0.4, -0.2) is 48.0 Å². The van der Waals surface area contributed by atoms with Crippen molar-refractivity contribution >= 4 is 22.9 Å². The van der Waals surface area contributed by atoms with Crippen LogP contribution in [0.5, 0.6) is 17.2 Å². The van der Waals surface area contributed by atoms with Crippen LogP contribution in [0.3, 0.4) is 0 Å². The van der Waals surface area contributed by atoms with Crippen molar-refractivity contribution in [2.45, 2.75) is 26.3 Å². The van der Waals surface area contributed by atoms with Crippen LogP contribution < -0.4 is 19.5 Å². The van der Waals surface area contributed by atoms with Crippen LogP contribution in [0.4, 0.5) is 0 Å². The summed E-state index contributed by atoms with van der Waals surface area (Å²) in [5.41, 5.74) is 3.64. The van der Waals surface area contributed by atoms with E-state index in [4.69, 9.17) is 35.9 Å². The second-order valence-electron chi connectivity index (χ2n) is 7.80. The zero-order chi connectivity index (χ0) is 24.2. The van der Waals surface area contributed by atoms with Gasteiger partial charge in [-0.1, -0.05) is 24.2 Å². The van der Waals surface area contributed by atoms with Gasteiger partial charge >= 0.3 is 0 Å². The molecular weight excluding hydrogens is 452 g/mol. The SMILES string of the molecule is CCCN1C(=S)NC(c2ccc(OC)cc2)C(c2nc(-c3ccc(OC)c(OC)c3)no2)=C1C. The number of hydrogen-bond donors (Lipinski definition) is 1. The van der Waals surface area contributed by atoms with Crippen molar-refractivity contribution in [3.63, 3.8) is 0 Å². The molecule has 0 fully saturated rings. The summed E-state index contributed by atoms with van der Waals surface area (Å²) in [6.07, 6.45) is 0.945. The van der Waals surface area contributed by atoms with Crippen LogP contribution in [0.1, 0.15) is 37.8 Å². The molecule has 34 heavy (non-hydrogen) atoms. The van der Waals surface area contributed by atoms with E-state index in [0.717, 1.165) is 41.1 Å². The molecule has 178 valence electrons. The summed E-state index contributed by atoms with van der Waals surface area (Å²) in [6.45, 7) is 4.94. The van der Waals surface area contributed by atoms with Gasteiger partial charge in [0.15, 0.2) is 16.6 Å². The summed E-state index contributed by atoms with van der Waals surface area (Å²) in [5, 5.41) is 8.39. The number of nitrogens with zero attached hydrogens (tertiary/aromatic N) is 3. The third-order valence-corrected chi connectivity index (χ3v) is 6.13. The van der Waals surface area contributed by atoms with Gasteiger partial charge in [-0.15, -0.1) is 0 Å². The molecule has 3 aromatic rings. The summed E-state index contributed by atoms with van der Waals surface area (Å²) in [4.78, 5) is 6.82. The van der Waals surface area contributed by atoms with E-state index in [2.05, 4.69) is 22.3 Å². The Bertz CT molecular complexity index is 1210. The topological polar surface area (TPSA) is 81.9 Å². The maximum absolute atomic E-state index is 5.79. The second-order valence-corrected chi connectivity index (χ2v) is 8.19. The molecule has 1 atom stereocenters. The van der Waals surface area contributed by atoms with E-state index in [0.29, 0.717) is 28.3 Å². The number of allylic oxidation sites excluding steroid dienone is 1. The Morgan fingerprint density at radius 3 is 2.41 bits per heavy atom. The first-order chi connectivity index (χ1) is 16.5. The molecule has 1 unspecified atom stereocenters. The van der Waals surface area contributed by atoms with E-state index >= 15 is 0 Å². The summed E-state index contributed by atoms with van der Waals surface area (Å²) in [5.74, 6) is 2.90. The monoisotopic (exact) mass is 480 g/mol. The number of hydrogen-bond acceptors (Lipinski definition) is 7. The molecule has 4 rings (SSSR count). The lowest BCUT2D eigenvalue weighted by Gasteiger charge is -2.37. The number of nitrogens with one attached hydrogen (secondary N) is 1. The van der Waals surface area contributed by atoms with E-state index in [1.54, 1.807) is 21.3 Å². The minimum atomic E-state index is -0.245. The maximum Gasteiger partial charge on any atom is 0.258 e. The molecular formula is C25H28N4O4S. The minimum Gasteiger partial charge on any atom is -0.497 e. The molecule has 0 bridgehead atoms. The van der Waals surface area contributed by atoms with E-state index in [1.165, 1.54) is 0 Å². The Kier molecular flexibility index (Phi) is 7.02. The molecule has 0 amide bonds. The van der Waals surface area contributed by atoms with Crippen LogP contribution >= 0.6 is 12.2 Å². The van der Waals surface area contributed by atoms with Crippen LogP contribution in [0.25, 0.3) is 17.0 Å². The Labute approximate surface area is 204 Å². The van der Waals surface area contributed by atoms with Crippen molar-refractivity contribution in [1.82, 2.24) is 20.4 Å². The van der Waals surface area contributed by atoms with Gasteiger partial charge in [0.25, 0.3) is 5.89 Å². The van der Waals surface area contributed by atoms with Gasteiger partial charge in [0.05, 0.1) is 32.9 Å². The van der Waals surface area contributed by atoms with E-state index < -0.39 is 0 Å². The van der Waals surface area contributed by atoms with Crippen LogP contribution in [0.2, 0.25) is 0 Å². The van der Waals surface area contributed by atoms with Gasteiger partial charge in [-0.3, -0.25) is 0 Å². The normalized spacial score (nSPS) is 15.9. The van der Waals surface area contributed by atoms with Crippen LogP contribution in [0, 0.1) is 0 Å². The highest BCUT2D eigenvalue weighted by molar-refractivity contribution is 7.80. The molecule has 1 aliphatic heterocycles. The van der Waals surface area contributed by atoms with Crippen molar-refractivity contribution < 1.29 is 18.7 Å². The molecule has 0 aliphatic carbocycles. The van der Waals surface area contributed by atoms with Crippen LogP contribution in [0.15, 0.2) is 52.7 Å². The minimum absolute atomic E-state index is 0.245. The predicted molar refractivity (Wildman–Crippen MR) is 134 cm³/mol. The van der Waals surface area contributed by atoms with Gasteiger partial charge in [0.1, 0.15) is 5.75 Å². The number of methoxy groups -OCH3 is 3. The van der Waals surface area contributed by atoms with Crippen molar-refractivity contribution in [1.29, 1.82) is 0 Å². The summed E-state index contributed by atoms with van der Waals surface area (Å²) >= 11 is 5.69. The van der Waals surface area contributed by atoms with Gasteiger partial charge in [0.2, 0.25) is 5.82 Å². The van der Waals surface area contributed by atoms with Crippen molar-refractivity contribution in [2.75, 3.05) is 27.9 Å². The lowest BCUT2D eigenvalue weighted by atomic mass is 9.94. The molecule has 0 saturated carbocycles. The quantitative estimate of drug-likeness (QED) is 0.456. The summed E-state index contributed by atoms with van der Waals surface area (Å²) in [6, 6.07) is 13.1. The fraction of sp³-hybridized carbons (Fsp3) is 0.320. The first kappa shape index (κ1) is 23.6. The van der Waals surface area contributed by atoms with Crippen molar-refractivity contribution in [3.05, 3.63) is 59.6 Å². The molecule has 8 nitrogen and oxygen atoms in total. The highest BCUT2D eigenvalue weighted by atomic mass is 32.1. The molecule has 1 aromatic heterocycles. The average molecular weight is 481 g/mol. The number of ether oxygens (including phenoxy) is 3. The zero-order valence-electron chi connectivity index (χ0n) is 19.9. The molecule has 1 N–H and O–H groups in total. The molecule has 0 spiro atoms. The Morgan fingerprint density at radius 1 is 1.03 bits per heavy atom. The number of aromatic nitrogens is 2. The smallest absolute Gasteiger partial charge is 0.258 e. The third-order valence-electron chi connectivity index (χ3n) is 5.79. The highest BCUT2D eigenvalue weighted by Gasteiger charge is 2.33. The van der Waals surface area contributed by atoms with Gasteiger partial charge in [-0.2, -0.15) is 4.98 Å². The van der Waals surface area contributed by atoms with Gasteiger partial charge < -0.3 is 29.0 Å². The molecule has 2 aromatic carbocycles. The third kappa shape index (κ3) is 4.43. The highest BCUT2D eigenvalue weighted by Crippen LogP contribution is 2.38. The van der Waals surface area contributed by atoms with Crippen LogP contribution in [-0.2, 0) is 0 Å².